The van der Waals surface area contributed by atoms with E-state index in [1.807, 2.05) is 0 Å². The Hall–Kier alpha value is -0.750. The van der Waals surface area contributed by atoms with Gasteiger partial charge in [-0.2, -0.15) is 0 Å². The molecule has 18 heavy (non-hydrogen) atoms. The van der Waals surface area contributed by atoms with E-state index in [2.05, 4.69) is 17.1 Å². The maximum Gasteiger partial charge on any atom is 0.210 e. The number of rotatable bonds is 5. The summed E-state index contributed by atoms with van der Waals surface area (Å²) in [7, 11) is 0. The lowest BCUT2D eigenvalue weighted by Crippen LogP contribution is -2.27. The Morgan fingerprint density at radius 1 is 1.39 bits per heavy atom. The maximum atomic E-state index is 9.95. The van der Waals surface area contributed by atoms with Crippen molar-refractivity contribution >= 4 is 11.8 Å². The number of nitrogens with zero attached hydrogens (tertiary/aromatic N) is 3. The number of nitrogen functional groups attached to an aromatic ring is 1. The summed E-state index contributed by atoms with van der Waals surface area (Å²) in [5.74, 6) is 6.83. The SMILES string of the molecule is CCCCc1nnc(SC2CCCCC2O)n1N. The summed E-state index contributed by atoms with van der Waals surface area (Å²) in [5.41, 5.74) is 0. The van der Waals surface area contributed by atoms with Crippen molar-refractivity contribution in [3.05, 3.63) is 5.82 Å². The predicted octanol–water partition coefficient (Wildman–Crippen LogP) is 1.73. The first-order valence-corrected chi connectivity index (χ1v) is 7.64. The minimum atomic E-state index is -0.237. The molecule has 1 saturated carbocycles. The first-order chi connectivity index (χ1) is 8.72. The molecule has 0 aromatic carbocycles. The van der Waals surface area contributed by atoms with Crippen molar-refractivity contribution in [2.75, 3.05) is 5.84 Å². The highest BCUT2D eigenvalue weighted by Crippen LogP contribution is 2.32. The van der Waals surface area contributed by atoms with Gasteiger partial charge in [0.1, 0.15) is 0 Å². The summed E-state index contributed by atoms with van der Waals surface area (Å²) in [5, 5.41) is 19.2. The highest BCUT2D eigenvalue weighted by Gasteiger charge is 2.26. The molecular weight excluding hydrogens is 248 g/mol. The van der Waals surface area contributed by atoms with Gasteiger partial charge in [0, 0.05) is 11.7 Å². The van der Waals surface area contributed by atoms with E-state index in [0.717, 1.165) is 49.5 Å². The molecule has 2 rings (SSSR count). The van der Waals surface area contributed by atoms with Crippen molar-refractivity contribution in [2.45, 2.75) is 68.4 Å². The zero-order chi connectivity index (χ0) is 13.0. The van der Waals surface area contributed by atoms with Crippen LogP contribution in [0.2, 0.25) is 0 Å². The minimum Gasteiger partial charge on any atom is -0.392 e. The number of aromatic nitrogens is 3. The molecule has 5 nitrogen and oxygen atoms in total. The van der Waals surface area contributed by atoms with Gasteiger partial charge in [-0.3, -0.25) is 0 Å². The zero-order valence-corrected chi connectivity index (χ0v) is 11.7. The molecule has 1 aliphatic rings. The van der Waals surface area contributed by atoms with Gasteiger partial charge in [-0.15, -0.1) is 10.2 Å². The first kappa shape index (κ1) is 13.7. The standard InChI is InChI=1S/C12H22N4OS/c1-2-3-8-11-14-15-12(16(11)13)18-10-7-5-4-6-9(10)17/h9-10,17H,2-8,13H2,1H3. The van der Waals surface area contributed by atoms with Crippen LogP contribution in [0.3, 0.4) is 0 Å². The molecule has 0 bridgehead atoms. The van der Waals surface area contributed by atoms with Crippen LogP contribution in [0.1, 0.15) is 51.3 Å². The molecule has 2 unspecified atom stereocenters. The number of thioether (sulfide) groups is 1. The van der Waals surface area contributed by atoms with E-state index in [0.29, 0.717) is 0 Å². The molecule has 1 aromatic heterocycles. The molecular formula is C12H22N4OS. The summed E-state index contributed by atoms with van der Waals surface area (Å²) in [6.45, 7) is 2.14. The monoisotopic (exact) mass is 270 g/mol. The van der Waals surface area contributed by atoms with Crippen LogP contribution in [0.5, 0.6) is 0 Å². The van der Waals surface area contributed by atoms with E-state index in [1.165, 1.54) is 6.42 Å². The van der Waals surface area contributed by atoms with Gasteiger partial charge in [0.2, 0.25) is 5.16 Å². The average Bonchev–Trinajstić information content (AvgIpc) is 2.71. The van der Waals surface area contributed by atoms with Gasteiger partial charge in [0.15, 0.2) is 5.82 Å². The Labute approximate surface area is 112 Å². The smallest absolute Gasteiger partial charge is 0.210 e. The van der Waals surface area contributed by atoms with E-state index < -0.39 is 0 Å². The Morgan fingerprint density at radius 3 is 2.89 bits per heavy atom. The summed E-state index contributed by atoms with van der Waals surface area (Å²) < 4.78 is 1.58. The highest BCUT2D eigenvalue weighted by molar-refractivity contribution is 7.99. The molecule has 102 valence electrons. The van der Waals surface area contributed by atoms with E-state index in [1.54, 1.807) is 16.4 Å². The number of aliphatic hydroxyl groups is 1. The second-order valence-electron chi connectivity index (χ2n) is 4.88. The fourth-order valence-electron chi connectivity index (χ4n) is 2.24. The van der Waals surface area contributed by atoms with Crippen molar-refractivity contribution in [1.82, 2.24) is 14.9 Å². The van der Waals surface area contributed by atoms with Crippen molar-refractivity contribution in [1.29, 1.82) is 0 Å². The van der Waals surface area contributed by atoms with Gasteiger partial charge < -0.3 is 10.9 Å². The van der Waals surface area contributed by atoms with Crippen molar-refractivity contribution in [2.24, 2.45) is 0 Å². The quantitative estimate of drug-likeness (QED) is 0.797. The number of unbranched alkanes of at least 4 members (excludes halogenated alkanes) is 1. The lowest BCUT2D eigenvalue weighted by atomic mass is 9.97. The van der Waals surface area contributed by atoms with Crippen LogP contribution in [0.4, 0.5) is 0 Å². The lowest BCUT2D eigenvalue weighted by Gasteiger charge is -2.26. The van der Waals surface area contributed by atoms with Gasteiger partial charge in [-0.25, -0.2) is 4.68 Å². The number of hydrogen-bond donors (Lipinski definition) is 2. The lowest BCUT2D eigenvalue weighted by molar-refractivity contribution is 0.137. The fourth-order valence-corrected chi connectivity index (χ4v) is 3.40. The van der Waals surface area contributed by atoms with Crippen molar-refractivity contribution < 1.29 is 5.11 Å². The number of hydrogen-bond acceptors (Lipinski definition) is 5. The number of aryl methyl sites for hydroxylation is 1. The van der Waals surface area contributed by atoms with Crippen LogP contribution < -0.4 is 5.84 Å². The van der Waals surface area contributed by atoms with Gasteiger partial charge in [0.05, 0.1) is 6.10 Å². The third-order valence-corrected chi connectivity index (χ3v) is 4.76. The van der Waals surface area contributed by atoms with Gasteiger partial charge in [-0.1, -0.05) is 37.9 Å². The molecule has 1 fully saturated rings. The average molecular weight is 270 g/mol. The zero-order valence-electron chi connectivity index (χ0n) is 10.9. The molecule has 6 heteroatoms. The van der Waals surface area contributed by atoms with Crippen LogP contribution in [-0.2, 0) is 6.42 Å². The number of aliphatic hydroxyl groups excluding tert-OH is 1. The third-order valence-electron chi connectivity index (χ3n) is 3.41. The fraction of sp³-hybridized carbons (Fsp3) is 0.833. The normalized spacial score (nSPS) is 24.3. The number of nitrogens with two attached hydrogens (primary N) is 1. The molecule has 0 radical (unpaired) electrons. The van der Waals surface area contributed by atoms with Crippen LogP contribution in [0, 0.1) is 0 Å². The van der Waals surface area contributed by atoms with Crippen molar-refractivity contribution in [3.8, 4) is 0 Å². The Kier molecular flexibility index (Phi) is 4.88. The molecule has 0 amide bonds. The minimum absolute atomic E-state index is 0.212. The van der Waals surface area contributed by atoms with Gasteiger partial charge in [-0.05, 0) is 19.3 Å². The topological polar surface area (TPSA) is 77.0 Å². The molecule has 1 heterocycles. The van der Waals surface area contributed by atoms with Gasteiger partial charge >= 0.3 is 0 Å². The third kappa shape index (κ3) is 3.17. The summed E-state index contributed by atoms with van der Waals surface area (Å²) in [4.78, 5) is 0. The van der Waals surface area contributed by atoms with Crippen LogP contribution in [0.15, 0.2) is 5.16 Å². The largest absolute Gasteiger partial charge is 0.392 e. The molecule has 1 aliphatic carbocycles. The summed E-state index contributed by atoms with van der Waals surface area (Å²) in [6, 6.07) is 0. The van der Waals surface area contributed by atoms with E-state index in [9.17, 15) is 5.11 Å². The molecule has 1 aromatic rings. The summed E-state index contributed by atoms with van der Waals surface area (Å²) >= 11 is 1.57. The Morgan fingerprint density at radius 2 is 2.17 bits per heavy atom. The second-order valence-corrected chi connectivity index (χ2v) is 6.09. The maximum absolute atomic E-state index is 9.95. The molecule has 2 atom stereocenters. The van der Waals surface area contributed by atoms with Crippen molar-refractivity contribution in [3.63, 3.8) is 0 Å². The van der Waals surface area contributed by atoms with E-state index in [-0.39, 0.29) is 11.4 Å². The molecule has 0 saturated heterocycles. The molecule has 3 N–H and O–H groups in total. The van der Waals surface area contributed by atoms with E-state index >= 15 is 0 Å². The van der Waals surface area contributed by atoms with E-state index in [4.69, 9.17) is 5.84 Å². The Bertz CT molecular complexity index is 382. The first-order valence-electron chi connectivity index (χ1n) is 6.76. The molecule has 0 spiro atoms. The highest BCUT2D eigenvalue weighted by atomic mass is 32.2. The Balaban J connectivity index is 1.98. The van der Waals surface area contributed by atoms with Crippen LogP contribution in [0.25, 0.3) is 0 Å². The van der Waals surface area contributed by atoms with Crippen LogP contribution >= 0.6 is 11.8 Å². The predicted molar refractivity (Wildman–Crippen MR) is 72.9 cm³/mol. The van der Waals surface area contributed by atoms with Crippen LogP contribution in [-0.4, -0.2) is 31.3 Å². The van der Waals surface area contributed by atoms with Gasteiger partial charge in [0.25, 0.3) is 0 Å². The summed E-state index contributed by atoms with van der Waals surface area (Å²) in [6.07, 6.45) is 7.05. The molecule has 0 aliphatic heterocycles. The second kappa shape index (κ2) is 6.43.